The lowest BCUT2D eigenvalue weighted by Gasteiger charge is -2.19. The minimum atomic E-state index is 1.12. The van der Waals surface area contributed by atoms with Gasteiger partial charge >= 0.3 is 0 Å². The van der Waals surface area contributed by atoms with Crippen LogP contribution >= 0.6 is 15.9 Å². The first-order valence-electron chi connectivity index (χ1n) is 12.6. The molecule has 0 aromatic heterocycles. The second kappa shape index (κ2) is 7.90. The molecule has 37 heavy (non-hydrogen) atoms. The largest absolute Gasteiger partial charge is 0.0622 e. The van der Waals surface area contributed by atoms with Crippen molar-refractivity contribution in [2.45, 2.75) is 0 Å². The Balaban J connectivity index is 1.61. The molecule has 0 fully saturated rings. The molecule has 0 saturated carbocycles. The molecule has 0 spiro atoms. The van der Waals surface area contributed by atoms with Gasteiger partial charge in [-0.3, -0.25) is 0 Å². The van der Waals surface area contributed by atoms with Gasteiger partial charge in [0, 0.05) is 4.47 Å². The molecule has 0 aliphatic heterocycles. The topological polar surface area (TPSA) is 0 Å². The summed E-state index contributed by atoms with van der Waals surface area (Å²) in [4.78, 5) is 0. The van der Waals surface area contributed by atoms with Crippen LogP contribution in [-0.2, 0) is 0 Å². The van der Waals surface area contributed by atoms with Crippen LogP contribution in [0.25, 0.3) is 76.8 Å². The van der Waals surface area contributed by atoms with Gasteiger partial charge < -0.3 is 0 Å². The predicted octanol–water partition coefficient (Wildman–Crippen LogP) is 10.9. The van der Waals surface area contributed by atoms with Crippen LogP contribution in [0, 0.1) is 0 Å². The highest BCUT2D eigenvalue weighted by atomic mass is 79.9. The maximum atomic E-state index is 3.77. The minimum absolute atomic E-state index is 1.12. The summed E-state index contributed by atoms with van der Waals surface area (Å²) in [6, 6.07) is 46.7. The normalized spacial score (nSPS) is 11.9. The molecule has 1 heteroatoms. The Morgan fingerprint density at radius 1 is 0.378 bits per heavy atom. The van der Waals surface area contributed by atoms with Gasteiger partial charge in [-0.05, 0) is 101 Å². The highest BCUT2D eigenvalue weighted by Gasteiger charge is 2.25. The molecule has 7 aromatic rings. The highest BCUT2D eigenvalue weighted by molar-refractivity contribution is 9.10. The molecule has 0 heterocycles. The Labute approximate surface area is 224 Å². The molecule has 8 rings (SSSR count). The van der Waals surface area contributed by atoms with E-state index in [1.54, 1.807) is 0 Å². The monoisotopic (exact) mass is 532 g/mol. The molecule has 0 bridgehead atoms. The van der Waals surface area contributed by atoms with Crippen molar-refractivity contribution in [2.75, 3.05) is 0 Å². The van der Waals surface area contributed by atoms with Crippen LogP contribution < -0.4 is 0 Å². The number of hydrogen-bond donors (Lipinski definition) is 0. The lowest BCUT2D eigenvalue weighted by atomic mass is 9.84. The average molecular weight is 533 g/mol. The number of benzene rings is 7. The zero-order valence-electron chi connectivity index (χ0n) is 20.0. The molecule has 0 saturated heterocycles. The van der Waals surface area contributed by atoms with Gasteiger partial charge in [-0.2, -0.15) is 0 Å². The van der Waals surface area contributed by atoms with Crippen molar-refractivity contribution < 1.29 is 0 Å². The van der Waals surface area contributed by atoms with Gasteiger partial charge in [0.05, 0.1) is 0 Å². The Hall–Kier alpha value is -4.20. The van der Waals surface area contributed by atoms with Crippen molar-refractivity contribution in [1.29, 1.82) is 0 Å². The van der Waals surface area contributed by atoms with E-state index < -0.39 is 0 Å². The van der Waals surface area contributed by atoms with E-state index in [2.05, 4.69) is 143 Å². The summed E-state index contributed by atoms with van der Waals surface area (Å²) >= 11 is 3.77. The molecule has 172 valence electrons. The highest BCUT2D eigenvalue weighted by Crippen LogP contribution is 2.52. The van der Waals surface area contributed by atoms with E-state index in [0.29, 0.717) is 0 Å². The SMILES string of the molecule is Brc1cc2c3c(cccc3c1)-c1cc3c(-c4ccccc4)c4ccccc4c(-c4ccccc4)c3cc1-2. The predicted molar refractivity (Wildman–Crippen MR) is 162 cm³/mol. The van der Waals surface area contributed by atoms with Gasteiger partial charge in [0.2, 0.25) is 0 Å². The van der Waals surface area contributed by atoms with Crippen LogP contribution in [0.5, 0.6) is 0 Å². The molecule has 0 radical (unpaired) electrons. The minimum Gasteiger partial charge on any atom is -0.0622 e. The molecule has 1 aliphatic carbocycles. The van der Waals surface area contributed by atoms with Crippen LogP contribution in [0.15, 0.2) is 132 Å². The van der Waals surface area contributed by atoms with Gasteiger partial charge in [0.1, 0.15) is 0 Å². The van der Waals surface area contributed by atoms with Crippen molar-refractivity contribution in [3.63, 3.8) is 0 Å². The maximum absolute atomic E-state index is 3.77. The summed E-state index contributed by atoms with van der Waals surface area (Å²) in [5, 5.41) is 7.79. The van der Waals surface area contributed by atoms with Crippen LogP contribution in [0.3, 0.4) is 0 Å². The molecular formula is C36H21Br. The van der Waals surface area contributed by atoms with Gasteiger partial charge in [-0.1, -0.05) is 119 Å². The van der Waals surface area contributed by atoms with E-state index in [4.69, 9.17) is 0 Å². The third kappa shape index (κ3) is 3.01. The summed E-state index contributed by atoms with van der Waals surface area (Å²) in [6.07, 6.45) is 0. The number of hydrogen-bond acceptors (Lipinski definition) is 0. The van der Waals surface area contributed by atoms with Crippen molar-refractivity contribution in [3.8, 4) is 44.5 Å². The first-order chi connectivity index (χ1) is 18.3. The van der Waals surface area contributed by atoms with Crippen molar-refractivity contribution in [2.24, 2.45) is 0 Å². The molecule has 0 N–H and O–H groups in total. The van der Waals surface area contributed by atoms with E-state index in [1.807, 2.05) is 0 Å². The van der Waals surface area contributed by atoms with E-state index >= 15 is 0 Å². The molecule has 1 aliphatic rings. The van der Waals surface area contributed by atoms with Crippen LogP contribution in [-0.4, -0.2) is 0 Å². The average Bonchev–Trinajstić information content (AvgIpc) is 3.25. The van der Waals surface area contributed by atoms with E-state index in [-0.39, 0.29) is 0 Å². The van der Waals surface area contributed by atoms with E-state index in [0.717, 1.165) is 4.47 Å². The number of fused-ring (bicyclic) bond motifs is 5. The van der Waals surface area contributed by atoms with E-state index in [9.17, 15) is 0 Å². The number of halogens is 1. The maximum Gasteiger partial charge on any atom is 0.0187 e. The zero-order chi connectivity index (χ0) is 24.5. The first kappa shape index (κ1) is 20.9. The summed E-state index contributed by atoms with van der Waals surface area (Å²) in [7, 11) is 0. The van der Waals surface area contributed by atoms with Gasteiger partial charge in [-0.25, -0.2) is 0 Å². The van der Waals surface area contributed by atoms with Gasteiger partial charge in [-0.15, -0.1) is 0 Å². The summed E-state index contributed by atoms with van der Waals surface area (Å²) in [5.41, 5.74) is 10.4. The molecule has 0 amide bonds. The second-order valence-electron chi connectivity index (χ2n) is 9.83. The van der Waals surface area contributed by atoms with Crippen molar-refractivity contribution in [1.82, 2.24) is 0 Å². The van der Waals surface area contributed by atoms with Crippen LogP contribution in [0.1, 0.15) is 0 Å². The standard InChI is InChI=1S/C36H21Br/c37-25-18-24-14-9-17-28-29-20-32-33(21-30(29)31(19-25)36(24)28)35(23-12-5-2-6-13-23)27-16-8-7-15-26(27)34(32)22-10-3-1-4-11-22/h1-21H. The van der Waals surface area contributed by atoms with Crippen molar-refractivity contribution in [3.05, 3.63) is 132 Å². The molecular weight excluding hydrogens is 512 g/mol. The molecule has 0 unspecified atom stereocenters. The smallest absolute Gasteiger partial charge is 0.0187 e. The fourth-order valence-electron chi connectivity index (χ4n) is 6.33. The van der Waals surface area contributed by atoms with Crippen LogP contribution in [0.4, 0.5) is 0 Å². The first-order valence-corrected chi connectivity index (χ1v) is 13.4. The molecule has 7 aromatic carbocycles. The van der Waals surface area contributed by atoms with Gasteiger partial charge in [0.25, 0.3) is 0 Å². The lowest BCUT2D eigenvalue weighted by molar-refractivity contribution is 1.65. The number of rotatable bonds is 2. The Kier molecular flexibility index (Phi) is 4.47. The van der Waals surface area contributed by atoms with Crippen LogP contribution in [0.2, 0.25) is 0 Å². The lowest BCUT2D eigenvalue weighted by Crippen LogP contribution is -1.92. The third-order valence-corrected chi connectivity index (χ3v) is 8.27. The summed E-state index contributed by atoms with van der Waals surface area (Å²) in [5.74, 6) is 0. The van der Waals surface area contributed by atoms with Gasteiger partial charge in [0.15, 0.2) is 0 Å². The second-order valence-corrected chi connectivity index (χ2v) is 10.7. The Morgan fingerprint density at radius 3 is 1.51 bits per heavy atom. The fourth-order valence-corrected chi connectivity index (χ4v) is 6.80. The fraction of sp³-hybridized carbons (Fsp3) is 0. The summed E-state index contributed by atoms with van der Waals surface area (Å²) in [6.45, 7) is 0. The summed E-state index contributed by atoms with van der Waals surface area (Å²) < 4.78 is 1.12. The zero-order valence-corrected chi connectivity index (χ0v) is 21.6. The Bertz CT molecular complexity index is 2020. The van der Waals surface area contributed by atoms with Crippen molar-refractivity contribution >= 4 is 48.2 Å². The third-order valence-electron chi connectivity index (χ3n) is 7.81. The Morgan fingerprint density at radius 2 is 0.919 bits per heavy atom. The van der Waals surface area contributed by atoms with E-state index in [1.165, 1.54) is 76.8 Å². The molecule has 0 nitrogen and oxygen atoms in total. The molecule has 0 atom stereocenters. The quantitative estimate of drug-likeness (QED) is 0.194.